The molecule has 0 aliphatic carbocycles. The maximum atomic E-state index is 11.7. The third-order valence-electron chi connectivity index (χ3n) is 2.68. The molecule has 1 aromatic carbocycles. The maximum Gasteiger partial charge on any atom is 0.258 e. The molecule has 0 aliphatic rings. The minimum absolute atomic E-state index is 0.0694. The van der Waals surface area contributed by atoms with Crippen LogP contribution in [0.1, 0.15) is 11.5 Å². The molecule has 0 unspecified atom stereocenters. The summed E-state index contributed by atoms with van der Waals surface area (Å²) in [5, 5.41) is 2.72. The molecular weight excluding hydrogens is 258 g/mol. The summed E-state index contributed by atoms with van der Waals surface area (Å²) in [6.07, 6.45) is 0. The highest BCUT2D eigenvalue weighted by Crippen LogP contribution is 2.25. The van der Waals surface area contributed by atoms with Crippen LogP contribution in [0, 0.1) is 6.92 Å². The number of benzene rings is 1. The smallest absolute Gasteiger partial charge is 0.258 e. The van der Waals surface area contributed by atoms with Gasteiger partial charge in [0.2, 0.25) is 0 Å². The van der Waals surface area contributed by atoms with E-state index in [1.165, 1.54) is 0 Å². The number of amides is 1. The van der Waals surface area contributed by atoms with Crippen LogP contribution in [0.25, 0.3) is 0 Å². The third-order valence-corrected chi connectivity index (χ3v) is 2.68. The number of carbonyl (C=O) groups is 1. The minimum Gasteiger partial charge on any atom is -0.493 e. The lowest BCUT2D eigenvalue weighted by atomic mass is 10.3. The molecule has 0 bridgehead atoms. The van der Waals surface area contributed by atoms with Gasteiger partial charge >= 0.3 is 0 Å². The fourth-order valence-electron chi connectivity index (χ4n) is 1.70. The molecule has 2 aromatic rings. The van der Waals surface area contributed by atoms with E-state index >= 15 is 0 Å². The Balaban J connectivity index is 1.80. The molecule has 5 heteroatoms. The Morgan fingerprint density at radius 3 is 2.60 bits per heavy atom. The SMILES string of the molecule is COc1ccccc1OCC(=O)NCc1ccc(C)o1. The highest BCUT2D eigenvalue weighted by atomic mass is 16.5. The van der Waals surface area contributed by atoms with Gasteiger partial charge in [-0.3, -0.25) is 4.79 Å². The summed E-state index contributed by atoms with van der Waals surface area (Å²) in [7, 11) is 1.56. The van der Waals surface area contributed by atoms with Crippen molar-refractivity contribution in [3.63, 3.8) is 0 Å². The summed E-state index contributed by atoms with van der Waals surface area (Å²) in [4.78, 5) is 11.7. The van der Waals surface area contributed by atoms with E-state index < -0.39 is 0 Å². The average molecular weight is 275 g/mol. The zero-order valence-corrected chi connectivity index (χ0v) is 11.5. The van der Waals surface area contributed by atoms with Crippen molar-refractivity contribution in [1.82, 2.24) is 5.32 Å². The van der Waals surface area contributed by atoms with Gasteiger partial charge in [0.05, 0.1) is 13.7 Å². The normalized spacial score (nSPS) is 10.1. The van der Waals surface area contributed by atoms with Gasteiger partial charge in [-0.2, -0.15) is 0 Å². The van der Waals surface area contributed by atoms with E-state index in [0.29, 0.717) is 23.8 Å². The first-order valence-corrected chi connectivity index (χ1v) is 6.27. The molecule has 1 N–H and O–H groups in total. The lowest BCUT2D eigenvalue weighted by molar-refractivity contribution is -0.123. The molecule has 5 nitrogen and oxygen atoms in total. The molecule has 106 valence electrons. The highest BCUT2D eigenvalue weighted by Gasteiger charge is 2.07. The largest absolute Gasteiger partial charge is 0.493 e. The fraction of sp³-hybridized carbons (Fsp3) is 0.267. The predicted octanol–water partition coefficient (Wildman–Crippen LogP) is 2.29. The summed E-state index contributed by atoms with van der Waals surface area (Å²) < 4.78 is 15.9. The van der Waals surface area contributed by atoms with Gasteiger partial charge < -0.3 is 19.2 Å². The van der Waals surface area contributed by atoms with Crippen molar-refractivity contribution in [3.05, 3.63) is 47.9 Å². The Hall–Kier alpha value is -2.43. The molecule has 0 atom stereocenters. The van der Waals surface area contributed by atoms with Crippen molar-refractivity contribution in [3.8, 4) is 11.5 Å². The monoisotopic (exact) mass is 275 g/mol. The molecule has 0 saturated heterocycles. The van der Waals surface area contributed by atoms with Crippen LogP contribution in [0.2, 0.25) is 0 Å². The van der Waals surface area contributed by atoms with Gasteiger partial charge in [0.25, 0.3) is 5.91 Å². The fourth-order valence-corrected chi connectivity index (χ4v) is 1.70. The molecule has 0 fully saturated rings. The van der Waals surface area contributed by atoms with Crippen molar-refractivity contribution in [2.45, 2.75) is 13.5 Å². The van der Waals surface area contributed by atoms with E-state index in [0.717, 1.165) is 5.76 Å². The molecule has 20 heavy (non-hydrogen) atoms. The lowest BCUT2D eigenvalue weighted by Gasteiger charge is -2.10. The summed E-state index contributed by atoms with van der Waals surface area (Å²) in [6, 6.07) is 10.9. The molecule has 1 amide bonds. The average Bonchev–Trinajstić information content (AvgIpc) is 2.89. The van der Waals surface area contributed by atoms with Gasteiger partial charge in [-0.05, 0) is 31.2 Å². The predicted molar refractivity (Wildman–Crippen MR) is 73.8 cm³/mol. The molecule has 0 aliphatic heterocycles. The molecule has 1 aromatic heterocycles. The van der Waals surface area contributed by atoms with Crippen LogP contribution in [-0.2, 0) is 11.3 Å². The van der Waals surface area contributed by atoms with Crippen LogP contribution < -0.4 is 14.8 Å². The summed E-state index contributed by atoms with van der Waals surface area (Å²) in [6.45, 7) is 2.14. The number of rotatable bonds is 6. The summed E-state index contributed by atoms with van der Waals surface area (Å²) >= 11 is 0. The Kier molecular flexibility index (Phi) is 4.65. The second kappa shape index (κ2) is 6.65. The van der Waals surface area contributed by atoms with E-state index in [4.69, 9.17) is 13.9 Å². The number of hydrogen-bond donors (Lipinski definition) is 1. The standard InChI is InChI=1S/C15H17NO4/c1-11-7-8-12(20-11)9-16-15(17)10-19-14-6-4-3-5-13(14)18-2/h3-8H,9-10H2,1-2H3,(H,16,17). The first-order chi connectivity index (χ1) is 9.69. The van der Waals surface area contributed by atoms with E-state index in [-0.39, 0.29) is 12.5 Å². The van der Waals surface area contributed by atoms with Crippen LogP contribution in [0.5, 0.6) is 11.5 Å². The number of ether oxygens (including phenoxy) is 2. The maximum absolute atomic E-state index is 11.7. The lowest BCUT2D eigenvalue weighted by Crippen LogP contribution is -2.28. The van der Waals surface area contributed by atoms with Crippen LogP contribution in [0.4, 0.5) is 0 Å². The number of para-hydroxylation sites is 2. The quantitative estimate of drug-likeness (QED) is 0.878. The number of hydrogen-bond acceptors (Lipinski definition) is 4. The number of carbonyl (C=O) groups excluding carboxylic acids is 1. The zero-order chi connectivity index (χ0) is 14.4. The van der Waals surface area contributed by atoms with E-state index in [1.807, 2.05) is 31.2 Å². The van der Waals surface area contributed by atoms with Crippen LogP contribution in [-0.4, -0.2) is 19.6 Å². The Bertz CT molecular complexity index is 577. The number of nitrogens with one attached hydrogen (secondary N) is 1. The molecule has 1 heterocycles. The number of aryl methyl sites for hydroxylation is 1. The van der Waals surface area contributed by atoms with E-state index in [2.05, 4.69) is 5.32 Å². The van der Waals surface area contributed by atoms with Crippen molar-refractivity contribution < 1.29 is 18.7 Å². The van der Waals surface area contributed by atoms with Gasteiger partial charge in [-0.1, -0.05) is 12.1 Å². The number of methoxy groups -OCH3 is 1. The van der Waals surface area contributed by atoms with E-state index in [1.54, 1.807) is 19.2 Å². The van der Waals surface area contributed by atoms with Crippen LogP contribution in [0.3, 0.4) is 0 Å². The topological polar surface area (TPSA) is 60.7 Å². The van der Waals surface area contributed by atoms with Crippen molar-refractivity contribution in [1.29, 1.82) is 0 Å². The zero-order valence-electron chi connectivity index (χ0n) is 11.5. The van der Waals surface area contributed by atoms with Gasteiger partial charge in [-0.25, -0.2) is 0 Å². The molecule has 0 saturated carbocycles. The van der Waals surface area contributed by atoms with E-state index in [9.17, 15) is 4.79 Å². The van der Waals surface area contributed by atoms with Gasteiger partial charge in [0.15, 0.2) is 18.1 Å². The molecule has 2 rings (SSSR count). The number of furan rings is 1. The first kappa shape index (κ1) is 14.0. The van der Waals surface area contributed by atoms with Crippen molar-refractivity contribution in [2.75, 3.05) is 13.7 Å². The second-order valence-electron chi connectivity index (χ2n) is 4.23. The summed E-state index contributed by atoms with van der Waals surface area (Å²) in [5.41, 5.74) is 0. The van der Waals surface area contributed by atoms with Gasteiger partial charge in [0.1, 0.15) is 11.5 Å². The van der Waals surface area contributed by atoms with Gasteiger partial charge in [-0.15, -0.1) is 0 Å². The van der Waals surface area contributed by atoms with Crippen molar-refractivity contribution >= 4 is 5.91 Å². The van der Waals surface area contributed by atoms with Crippen molar-refractivity contribution in [2.24, 2.45) is 0 Å². The molecular formula is C15H17NO4. The molecule has 0 radical (unpaired) electrons. The first-order valence-electron chi connectivity index (χ1n) is 6.27. The molecule has 0 spiro atoms. The third kappa shape index (κ3) is 3.78. The Morgan fingerprint density at radius 1 is 1.20 bits per heavy atom. The van der Waals surface area contributed by atoms with Crippen LogP contribution >= 0.6 is 0 Å². The Morgan fingerprint density at radius 2 is 1.95 bits per heavy atom. The van der Waals surface area contributed by atoms with Crippen LogP contribution in [0.15, 0.2) is 40.8 Å². The van der Waals surface area contributed by atoms with Gasteiger partial charge in [0, 0.05) is 0 Å². The summed E-state index contributed by atoms with van der Waals surface area (Å²) in [5.74, 6) is 2.46. The highest BCUT2D eigenvalue weighted by molar-refractivity contribution is 5.77. The Labute approximate surface area is 117 Å². The second-order valence-corrected chi connectivity index (χ2v) is 4.23. The minimum atomic E-state index is -0.218.